The van der Waals surface area contributed by atoms with Crippen molar-refractivity contribution in [3.63, 3.8) is 0 Å². The molecule has 0 fully saturated rings. The maximum atomic E-state index is 12.2. The smallest absolute Gasteiger partial charge is 0.313 e. The van der Waals surface area contributed by atoms with Crippen molar-refractivity contribution in [3.05, 3.63) is 29.5 Å². The van der Waals surface area contributed by atoms with Gasteiger partial charge in [-0.3, -0.25) is 4.79 Å². The van der Waals surface area contributed by atoms with Crippen LogP contribution in [0.3, 0.4) is 0 Å². The second-order valence-electron chi connectivity index (χ2n) is 4.79. The summed E-state index contributed by atoms with van der Waals surface area (Å²) in [5, 5.41) is 1.03. The van der Waals surface area contributed by atoms with E-state index in [0.29, 0.717) is 13.0 Å². The number of nitrogens with one attached hydrogen (secondary N) is 1. The number of ether oxygens (including phenoxy) is 2. The second-order valence-corrected chi connectivity index (χ2v) is 4.79. The third-order valence-electron chi connectivity index (χ3n) is 3.57. The van der Waals surface area contributed by atoms with Crippen LogP contribution in [0.1, 0.15) is 37.4 Å². The molecule has 1 N–H and O–H groups in total. The molecule has 0 saturated heterocycles. The predicted octanol–water partition coefficient (Wildman–Crippen LogP) is 3.54. The summed E-state index contributed by atoms with van der Waals surface area (Å²) in [5.74, 6) is 0.383. The fraction of sp³-hybridized carbons (Fsp3) is 0.438. The molecule has 0 radical (unpaired) electrons. The lowest BCUT2D eigenvalue weighted by atomic mass is 9.93. The summed E-state index contributed by atoms with van der Waals surface area (Å²) in [6, 6.07) is 5.85. The van der Waals surface area contributed by atoms with Crippen molar-refractivity contribution in [1.29, 1.82) is 0 Å². The monoisotopic (exact) mass is 275 g/mol. The number of aryl methyl sites for hydroxylation is 1. The Morgan fingerprint density at radius 2 is 2.10 bits per heavy atom. The van der Waals surface area contributed by atoms with E-state index in [2.05, 4.69) is 4.98 Å². The highest BCUT2D eigenvalue weighted by Gasteiger charge is 2.25. The van der Waals surface area contributed by atoms with Crippen LogP contribution >= 0.6 is 0 Å². The summed E-state index contributed by atoms with van der Waals surface area (Å²) in [7, 11) is 1.64. The van der Waals surface area contributed by atoms with Gasteiger partial charge in [-0.25, -0.2) is 0 Å². The highest BCUT2D eigenvalue weighted by molar-refractivity contribution is 5.92. The van der Waals surface area contributed by atoms with E-state index in [9.17, 15) is 4.79 Å². The van der Waals surface area contributed by atoms with Gasteiger partial charge < -0.3 is 14.5 Å². The molecule has 2 rings (SSSR count). The van der Waals surface area contributed by atoms with Crippen LogP contribution in [0.5, 0.6) is 5.75 Å². The van der Waals surface area contributed by atoms with E-state index < -0.39 is 0 Å². The number of methoxy groups -OCH3 is 1. The van der Waals surface area contributed by atoms with Crippen LogP contribution in [0.15, 0.2) is 18.2 Å². The van der Waals surface area contributed by atoms with Gasteiger partial charge in [0.15, 0.2) is 0 Å². The first kappa shape index (κ1) is 14.4. The molecule has 0 bridgehead atoms. The van der Waals surface area contributed by atoms with E-state index in [-0.39, 0.29) is 11.9 Å². The Bertz CT molecular complexity index is 615. The van der Waals surface area contributed by atoms with Crippen LogP contribution in [-0.2, 0) is 9.53 Å². The number of rotatable bonds is 5. The Morgan fingerprint density at radius 3 is 2.70 bits per heavy atom. The Balaban J connectivity index is 2.55. The van der Waals surface area contributed by atoms with Crippen molar-refractivity contribution < 1.29 is 14.3 Å². The van der Waals surface area contributed by atoms with E-state index in [1.807, 2.05) is 39.0 Å². The van der Waals surface area contributed by atoms with Crippen molar-refractivity contribution in [2.24, 2.45) is 0 Å². The van der Waals surface area contributed by atoms with Crippen LogP contribution in [0.4, 0.5) is 0 Å². The SMILES string of the molecule is CCOC(=O)C(CC)c1c(C)[nH]c2ccc(OC)cc12. The van der Waals surface area contributed by atoms with Crippen molar-refractivity contribution in [2.75, 3.05) is 13.7 Å². The van der Waals surface area contributed by atoms with Gasteiger partial charge in [-0.2, -0.15) is 0 Å². The first-order valence-corrected chi connectivity index (χ1v) is 6.95. The first-order valence-electron chi connectivity index (χ1n) is 6.95. The number of hydrogen-bond acceptors (Lipinski definition) is 3. The molecule has 4 nitrogen and oxygen atoms in total. The first-order chi connectivity index (χ1) is 9.62. The fourth-order valence-electron chi connectivity index (χ4n) is 2.63. The van der Waals surface area contributed by atoms with Crippen LogP contribution in [0.25, 0.3) is 10.9 Å². The number of hydrogen-bond donors (Lipinski definition) is 1. The maximum absolute atomic E-state index is 12.2. The lowest BCUT2D eigenvalue weighted by Gasteiger charge is -2.14. The minimum atomic E-state index is -0.240. The lowest BCUT2D eigenvalue weighted by molar-refractivity contribution is -0.145. The maximum Gasteiger partial charge on any atom is 0.313 e. The average molecular weight is 275 g/mol. The predicted molar refractivity (Wildman–Crippen MR) is 79.3 cm³/mol. The van der Waals surface area contributed by atoms with Gasteiger partial charge in [0.05, 0.1) is 19.6 Å². The van der Waals surface area contributed by atoms with Crippen molar-refractivity contribution in [1.82, 2.24) is 4.98 Å². The standard InChI is InChI=1S/C16H21NO3/c1-5-12(16(18)20-6-2)15-10(3)17-14-8-7-11(19-4)9-13(14)15/h7-9,12,17H,5-6H2,1-4H3. The zero-order valence-electron chi connectivity index (χ0n) is 12.4. The van der Waals surface area contributed by atoms with Gasteiger partial charge >= 0.3 is 5.97 Å². The number of benzene rings is 1. The van der Waals surface area contributed by atoms with E-state index in [1.165, 1.54) is 0 Å². The number of fused-ring (bicyclic) bond motifs is 1. The molecule has 0 aliphatic heterocycles. The normalized spacial score (nSPS) is 12.4. The van der Waals surface area contributed by atoms with Crippen molar-refractivity contribution >= 4 is 16.9 Å². The molecule has 2 aromatic rings. The van der Waals surface area contributed by atoms with Crippen LogP contribution in [-0.4, -0.2) is 24.7 Å². The summed E-state index contributed by atoms with van der Waals surface area (Å²) in [6.45, 7) is 6.22. The lowest BCUT2D eigenvalue weighted by Crippen LogP contribution is -2.15. The van der Waals surface area contributed by atoms with E-state index in [1.54, 1.807) is 7.11 Å². The van der Waals surface area contributed by atoms with Crippen LogP contribution in [0, 0.1) is 6.92 Å². The molecule has 0 aliphatic carbocycles. The number of aromatic amines is 1. The number of esters is 1. The van der Waals surface area contributed by atoms with E-state index in [0.717, 1.165) is 27.9 Å². The summed E-state index contributed by atoms with van der Waals surface area (Å²) in [6.07, 6.45) is 0.712. The summed E-state index contributed by atoms with van der Waals surface area (Å²) in [4.78, 5) is 15.5. The zero-order valence-corrected chi connectivity index (χ0v) is 12.4. The molecular formula is C16H21NO3. The van der Waals surface area contributed by atoms with Gasteiger partial charge in [-0.15, -0.1) is 0 Å². The number of aromatic nitrogens is 1. The van der Waals surface area contributed by atoms with E-state index in [4.69, 9.17) is 9.47 Å². The molecule has 1 atom stereocenters. The molecule has 1 unspecified atom stereocenters. The van der Waals surface area contributed by atoms with Gasteiger partial charge in [0.2, 0.25) is 0 Å². The van der Waals surface area contributed by atoms with Gasteiger partial charge in [0, 0.05) is 16.6 Å². The highest BCUT2D eigenvalue weighted by atomic mass is 16.5. The average Bonchev–Trinajstić information content (AvgIpc) is 2.76. The zero-order chi connectivity index (χ0) is 14.7. The van der Waals surface area contributed by atoms with Crippen molar-refractivity contribution in [2.45, 2.75) is 33.1 Å². The molecule has 0 aliphatic rings. The topological polar surface area (TPSA) is 51.3 Å². The molecular weight excluding hydrogens is 254 g/mol. The minimum absolute atomic E-state index is 0.165. The molecule has 0 amide bonds. The van der Waals surface area contributed by atoms with Crippen LogP contribution in [0.2, 0.25) is 0 Å². The Hall–Kier alpha value is -1.97. The van der Waals surface area contributed by atoms with Gasteiger partial charge in [0.25, 0.3) is 0 Å². The molecule has 1 heterocycles. The van der Waals surface area contributed by atoms with Crippen LogP contribution < -0.4 is 4.74 Å². The number of carbonyl (C=O) groups excluding carboxylic acids is 1. The second kappa shape index (κ2) is 5.99. The summed E-state index contributed by atoms with van der Waals surface area (Å²) in [5.41, 5.74) is 3.04. The molecule has 1 aromatic carbocycles. The Kier molecular flexibility index (Phi) is 4.32. The molecule has 0 saturated carbocycles. The number of carbonyl (C=O) groups is 1. The minimum Gasteiger partial charge on any atom is -0.497 e. The quantitative estimate of drug-likeness (QED) is 0.849. The summed E-state index contributed by atoms with van der Waals surface area (Å²) >= 11 is 0. The van der Waals surface area contributed by atoms with Gasteiger partial charge in [-0.05, 0) is 44.0 Å². The van der Waals surface area contributed by atoms with Gasteiger partial charge in [0.1, 0.15) is 5.75 Å². The third kappa shape index (κ3) is 2.50. The summed E-state index contributed by atoms with van der Waals surface area (Å²) < 4.78 is 10.5. The Morgan fingerprint density at radius 1 is 1.35 bits per heavy atom. The third-order valence-corrected chi connectivity index (χ3v) is 3.57. The Labute approximate surface area is 119 Å². The molecule has 1 aromatic heterocycles. The largest absolute Gasteiger partial charge is 0.497 e. The highest BCUT2D eigenvalue weighted by Crippen LogP contribution is 2.34. The van der Waals surface area contributed by atoms with Crippen molar-refractivity contribution in [3.8, 4) is 5.75 Å². The molecule has 0 spiro atoms. The number of H-pyrrole nitrogens is 1. The molecule has 4 heteroatoms. The van der Waals surface area contributed by atoms with E-state index >= 15 is 0 Å². The molecule has 108 valence electrons. The fourth-order valence-corrected chi connectivity index (χ4v) is 2.63. The van der Waals surface area contributed by atoms with Gasteiger partial charge in [-0.1, -0.05) is 6.92 Å². The molecule has 20 heavy (non-hydrogen) atoms.